The normalized spacial score (nSPS) is 10.5. The van der Waals surface area contributed by atoms with Crippen molar-refractivity contribution in [1.29, 1.82) is 5.26 Å². The van der Waals surface area contributed by atoms with E-state index < -0.39 is 11.3 Å². The van der Waals surface area contributed by atoms with Gasteiger partial charge in [-0.3, -0.25) is 14.7 Å². The smallest absolute Gasteiger partial charge is 0.298 e. The molecule has 31 heavy (non-hydrogen) atoms. The first-order valence-electron chi connectivity index (χ1n) is 9.35. The van der Waals surface area contributed by atoms with Crippen molar-refractivity contribution in [3.8, 4) is 17.3 Å². The van der Waals surface area contributed by atoms with Crippen LogP contribution < -0.4 is 10.7 Å². The van der Waals surface area contributed by atoms with Crippen molar-refractivity contribution in [1.82, 2.24) is 14.6 Å². The van der Waals surface area contributed by atoms with Gasteiger partial charge in [-0.2, -0.15) is 5.26 Å². The van der Waals surface area contributed by atoms with Crippen molar-refractivity contribution in [2.75, 3.05) is 5.32 Å². The number of aryl methyl sites for hydroxylation is 2. The minimum absolute atomic E-state index is 0.0506. The molecule has 0 radical (unpaired) electrons. The Labute approximate surface area is 177 Å². The molecule has 2 aromatic carbocycles. The van der Waals surface area contributed by atoms with Crippen LogP contribution in [-0.2, 0) is 0 Å². The first-order valence-corrected chi connectivity index (χ1v) is 9.35. The lowest BCUT2D eigenvalue weighted by atomic mass is 10.1. The number of fused-ring (bicyclic) bond motifs is 1. The van der Waals surface area contributed by atoms with E-state index in [1.807, 2.05) is 30.3 Å². The van der Waals surface area contributed by atoms with Crippen LogP contribution in [0.25, 0.3) is 21.7 Å². The SMILES string of the molecule is [C-]#[N+]c1nc2c(=O)c(C(=O)Nc3cccc(C)c3C#N)c(C)[nH]n2c1-c1ccccc1. The largest absolute Gasteiger partial charge is 0.359 e. The van der Waals surface area contributed by atoms with Crippen LogP contribution in [-0.4, -0.2) is 20.5 Å². The van der Waals surface area contributed by atoms with Crippen LogP contribution in [0.1, 0.15) is 27.2 Å². The van der Waals surface area contributed by atoms with Gasteiger partial charge < -0.3 is 10.2 Å². The van der Waals surface area contributed by atoms with E-state index in [1.165, 1.54) is 4.52 Å². The molecule has 0 fully saturated rings. The number of amides is 1. The summed E-state index contributed by atoms with van der Waals surface area (Å²) in [5.41, 5.74) is 2.05. The van der Waals surface area contributed by atoms with E-state index in [-0.39, 0.29) is 17.0 Å². The van der Waals surface area contributed by atoms with E-state index in [4.69, 9.17) is 6.57 Å². The van der Waals surface area contributed by atoms with Crippen LogP contribution in [0.4, 0.5) is 11.5 Å². The zero-order valence-corrected chi connectivity index (χ0v) is 16.7. The number of nitrogens with zero attached hydrogens (tertiary/aromatic N) is 4. The number of anilines is 1. The second-order valence-corrected chi connectivity index (χ2v) is 6.93. The Kier molecular flexibility index (Phi) is 4.82. The fourth-order valence-corrected chi connectivity index (χ4v) is 3.49. The standard InChI is InChI=1S/C23H16N6O2/c1-13-8-7-11-17(16(13)12-24)26-23(31)18-14(2)28-29-19(15-9-5-4-6-10-15)21(25-3)27-22(29)20(18)30/h4-11,28H,1-2H3,(H,26,31). The molecule has 2 aromatic heterocycles. The quantitative estimate of drug-likeness (QED) is 0.500. The van der Waals surface area contributed by atoms with Crippen LogP contribution >= 0.6 is 0 Å². The maximum Gasteiger partial charge on any atom is 0.298 e. The fraction of sp³-hybridized carbons (Fsp3) is 0.0870. The van der Waals surface area contributed by atoms with Gasteiger partial charge >= 0.3 is 0 Å². The predicted octanol–water partition coefficient (Wildman–Crippen LogP) is 3.98. The van der Waals surface area contributed by atoms with Crippen LogP contribution in [0.2, 0.25) is 0 Å². The highest BCUT2D eigenvalue weighted by molar-refractivity contribution is 6.06. The lowest BCUT2D eigenvalue weighted by Gasteiger charge is -2.11. The summed E-state index contributed by atoms with van der Waals surface area (Å²) in [5.74, 6) is -0.598. The molecular weight excluding hydrogens is 392 g/mol. The van der Waals surface area contributed by atoms with Crippen molar-refractivity contribution < 1.29 is 4.79 Å². The lowest BCUT2D eigenvalue weighted by molar-refractivity contribution is 0.102. The molecule has 8 heteroatoms. The molecule has 0 spiro atoms. The summed E-state index contributed by atoms with van der Waals surface area (Å²) in [5, 5.41) is 15.1. The van der Waals surface area contributed by atoms with Gasteiger partial charge in [-0.25, -0.2) is 4.52 Å². The molecule has 0 bridgehead atoms. The minimum atomic E-state index is -0.656. The van der Waals surface area contributed by atoms with Gasteiger partial charge in [0.15, 0.2) is 0 Å². The Morgan fingerprint density at radius 2 is 1.94 bits per heavy atom. The Hall–Kier alpha value is -4.69. The van der Waals surface area contributed by atoms with Crippen molar-refractivity contribution in [3.05, 3.63) is 92.6 Å². The number of benzene rings is 2. The Balaban J connectivity index is 1.87. The van der Waals surface area contributed by atoms with Gasteiger partial charge in [0.2, 0.25) is 0 Å². The molecule has 4 aromatic rings. The number of rotatable bonds is 3. The van der Waals surface area contributed by atoms with Gasteiger partial charge in [-0.1, -0.05) is 54.0 Å². The molecule has 0 aliphatic rings. The third-order valence-electron chi connectivity index (χ3n) is 4.96. The summed E-state index contributed by atoms with van der Waals surface area (Å²) in [6, 6.07) is 16.3. The van der Waals surface area contributed by atoms with E-state index in [1.54, 1.807) is 32.0 Å². The third kappa shape index (κ3) is 3.22. The number of nitriles is 1. The molecule has 0 unspecified atom stereocenters. The van der Waals surface area contributed by atoms with Crippen LogP contribution in [0.5, 0.6) is 0 Å². The van der Waals surface area contributed by atoms with Gasteiger partial charge in [0, 0.05) is 5.69 Å². The van der Waals surface area contributed by atoms with Gasteiger partial charge in [0.05, 0.1) is 11.3 Å². The summed E-state index contributed by atoms with van der Waals surface area (Å²) < 4.78 is 1.44. The second-order valence-electron chi connectivity index (χ2n) is 6.93. The molecule has 0 saturated carbocycles. The Morgan fingerprint density at radius 3 is 2.61 bits per heavy atom. The van der Waals surface area contributed by atoms with Crippen LogP contribution in [0, 0.1) is 31.8 Å². The maximum absolute atomic E-state index is 13.2. The van der Waals surface area contributed by atoms with Crippen molar-refractivity contribution in [3.63, 3.8) is 0 Å². The topological polar surface area (TPSA) is 107 Å². The number of carbonyl (C=O) groups is 1. The number of hydrogen-bond acceptors (Lipinski definition) is 4. The zero-order valence-electron chi connectivity index (χ0n) is 16.7. The average Bonchev–Trinajstić information content (AvgIpc) is 3.13. The molecule has 2 heterocycles. The van der Waals surface area contributed by atoms with Crippen molar-refractivity contribution in [2.24, 2.45) is 0 Å². The first kappa shape index (κ1) is 19.6. The molecule has 150 valence electrons. The van der Waals surface area contributed by atoms with E-state index >= 15 is 0 Å². The first-order chi connectivity index (χ1) is 15.0. The fourth-order valence-electron chi connectivity index (χ4n) is 3.49. The Morgan fingerprint density at radius 1 is 1.19 bits per heavy atom. The maximum atomic E-state index is 13.2. The molecule has 4 rings (SSSR count). The minimum Gasteiger partial charge on any atom is -0.359 e. The molecule has 2 N–H and O–H groups in total. The number of carbonyl (C=O) groups excluding carboxylic acids is 1. The van der Waals surface area contributed by atoms with Gasteiger partial charge in [0.25, 0.3) is 22.8 Å². The van der Waals surface area contributed by atoms with Crippen LogP contribution in [0.15, 0.2) is 53.3 Å². The summed E-state index contributed by atoms with van der Waals surface area (Å²) in [6.45, 7) is 10.8. The molecule has 0 saturated heterocycles. The Bertz CT molecular complexity index is 1480. The highest BCUT2D eigenvalue weighted by Gasteiger charge is 2.25. The summed E-state index contributed by atoms with van der Waals surface area (Å²) in [6.07, 6.45) is 0. The van der Waals surface area contributed by atoms with Crippen LogP contribution in [0.3, 0.4) is 0 Å². The predicted molar refractivity (Wildman–Crippen MR) is 116 cm³/mol. The highest BCUT2D eigenvalue weighted by atomic mass is 16.2. The third-order valence-corrected chi connectivity index (χ3v) is 4.96. The van der Waals surface area contributed by atoms with Gasteiger partial charge in [0.1, 0.15) is 17.3 Å². The van der Waals surface area contributed by atoms with Crippen molar-refractivity contribution >= 4 is 23.1 Å². The van der Waals surface area contributed by atoms with E-state index in [2.05, 4.69) is 26.3 Å². The number of H-pyrrole nitrogens is 1. The number of aromatic amines is 1. The highest BCUT2D eigenvalue weighted by Crippen LogP contribution is 2.30. The number of hydrogen-bond donors (Lipinski definition) is 2. The molecule has 0 aliphatic heterocycles. The van der Waals surface area contributed by atoms with E-state index in [0.29, 0.717) is 33.8 Å². The van der Waals surface area contributed by atoms with Crippen molar-refractivity contribution in [2.45, 2.75) is 13.8 Å². The zero-order chi connectivity index (χ0) is 22.1. The van der Waals surface area contributed by atoms with Gasteiger partial charge in [-0.15, -0.1) is 0 Å². The molecule has 0 atom stereocenters. The van der Waals surface area contributed by atoms with Gasteiger partial charge in [-0.05, 0) is 31.0 Å². The molecule has 1 amide bonds. The number of imidazole rings is 1. The molecular formula is C23H16N6O2. The second kappa shape index (κ2) is 7.62. The lowest BCUT2D eigenvalue weighted by Crippen LogP contribution is -2.26. The average molecular weight is 408 g/mol. The summed E-state index contributed by atoms with van der Waals surface area (Å²) in [7, 11) is 0. The number of nitrogens with one attached hydrogen (secondary N) is 2. The van der Waals surface area contributed by atoms with E-state index in [0.717, 1.165) is 0 Å². The monoisotopic (exact) mass is 408 g/mol. The summed E-state index contributed by atoms with van der Waals surface area (Å²) >= 11 is 0. The number of aromatic nitrogens is 3. The van der Waals surface area contributed by atoms with E-state index in [9.17, 15) is 14.9 Å². The molecule has 0 aliphatic carbocycles. The summed E-state index contributed by atoms with van der Waals surface area (Å²) in [4.78, 5) is 33.8. The molecule has 8 nitrogen and oxygen atoms in total.